The number of amides is 1. The number of carbonyl (C=O) groups excluding carboxylic acids is 1. The Bertz CT molecular complexity index is 439. The minimum atomic E-state index is 0.00259. The fourth-order valence-electron chi connectivity index (χ4n) is 1.89. The molecule has 0 aromatic heterocycles. The molecular formula is C12H15ClN2OS. The Kier molecular flexibility index (Phi) is 3.84. The monoisotopic (exact) mass is 270 g/mol. The topological polar surface area (TPSA) is 46.3 Å². The zero-order valence-electron chi connectivity index (χ0n) is 9.65. The van der Waals surface area contributed by atoms with Crippen molar-refractivity contribution in [2.75, 3.05) is 23.8 Å². The zero-order valence-corrected chi connectivity index (χ0v) is 11.2. The summed E-state index contributed by atoms with van der Waals surface area (Å²) in [7, 11) is 0. The Balaban J connectivity index is 2.24. The van der Waals surface area contributed by atoms with Crippen LogP contribution in [0, 0.1) is 0 Å². The largest absolute Gasteiger partial charge is 0.399 e. The molecule has 17 heavy (non-hydrogen) atoms. The van der Waals surface area contributed by atoms with E-state index < -0.39 is 0 Å². The van der Waals surface area contributed by atoms with Gasteiger partial charge in [-0.05, 0) is 25.1 Å². The summed E-state index contributed by atoms with van der Waals surface area (Å²) < 4.78 is 0. The van der Waals surface area contributed by atoms with Gasteiger partial charge in [-0.25, -0.2) is 0 Å². The third-order valence-electron chi connectivity index (χ3n) is 2.85. The van der Waals surface area contributed by atoms with Crippen molar-refractivity contribution in [3.05, 3.63) is 28.8 Å². The van der Waals surface area contributed by atoms with Crippen LogP contribution in [-0.2, 0) is 0 Å². The highest BCUT2D eigenvalue weighted by Gasteiger charge is 2.25. The number of anilines is 1. The number of nitrogen functional groups attached to an aromatic ring is 1. The van der Waals surface area contributed by atoms with Gasteiger partial charge in [0.05, 0.1) is 10.6 Å². The molecule has 92 valence electrons. The first-order valence-corrected chi connectivity index (χ1v) is 7.06. The van der Waals surface area contributed by atoms with Gasteiger partial charge in [0.25, 0.3) is 5.91 Å². The van der Waals surface area contributed by atoms with E-state index in [-0.39, 0.29) is 11.9 Å². The predicted octanol–water partition coefficient (Wildman–Crippen LogP) is 2.50. The molecule has 3 nitrogen and oxygen atoms in total. The average molecular weight is 271 g/mol. The van der Waals surface area contributed by atoms with Gasteiger partial charge < -0.3 is 10.6 Å². The van der Waals surface area contributed by atoms with Crippen LogP contribution >= 0.6 is 23.4 Å². The Morgan fingerprint density at radius 2 is 2.35 bits per heavy atom. The van der Waals surface area contributed by atoms with Crippen LogP contribution in [-0.4, -0.2) is 34.9 Å². The minimum absolute atomic E-state index is 0.00259. The van der Waals surface area contributed by atoms with E-state index in [9.17, 15) is 4.79 Å². The van der Waals surface area contributed by atoms with Crippen LogP contribution in [0.15, 0.2) is 18.2 Å². The third-order valence-corrected chi connectivity index (χ3v) is 4.35. The van der Waals surface area contributed by atoms with Gasteiger partial charge in [-0.2, -0.15) is 11.8 Å². The number of hydrogen-bond donors (Lipinski definition) is 1. The van der Waals surface area contributed by atoms with Crippen LogP contribution in [0.5, 0.6) is 0 Å². The lowest BCUT2D eigenvalue weighted by Gasteiger charge is -2.33. The first-order chi connectivity index (χ1) is 8.09. The second kappa shape index (κ2) is 5.19. The van der Waals surface area contributed by atoms with Gasteiger partial charge >= 0.3 is 0 Å². The minimum Gasteiger partial charge on any atom is -0.399 e. The van der Waals surface area contributed by atoms with E-state index >= 15 is 0 Å². The standard InChI is InChI=1S/C12H15ClN2OS/c1-8-7-17-5-4-15(8)12(16)10-3-2-9(14)6-11(10)13/h2-3,6,8H,4-5,7,14H2,1H3. The summed E-state index contributed by atoms with van der Waals surface area (Å²) in [6, 6.07) is 5.30. The van der Waals surface area contributed by atoms with E-state index in [1.54, 1.807) is 18.2 Å². The molecule has 1 heterocycles. The van der Waals surface area contributed by atoms with Crippen LogP contribution < -0.4 is 5.73 Å². The lowest BCUT2D eigenvalue weighted by molar-refractivity contribution is 0.0716. The van der Waals surface area contributed by atoms with Crippen LogP contribution in [0.25, 0.3) is 0 Å². The lowest BCUT2D eigenvalue weighted by atomic mass is 10.1. The number of carbonyl (C=O) groups is 1. The van der Waals surface area contributed by atoms with Gasteiger partial charge in [-0.1, -0.05) is 11.6 Å². The zero-order chi connectivity index (χ0) is 12.4. The Morgan fingerprint density at radius 3 is 3.00 bits per heavy atom. The van der Waals surface area contributed by atoms with Crippen molar-refractivity contribution in [3.63, 3.8) is 0 Å². The Morgan fingerprint density at radius 1 is 1.59 bits per heavy atom. The van der Waals surface area contributed by atoms with Crippen LogP contribution in [0.2, 0.25) is 5.02 Å². The molecule has 1 aromatic rings. The smallest absolute Gasteiger partial charge is 0.255 e. The maximum absolute atomic E-state index is 12.3. The molecule has 0 spiro atoms. The number of halogens is 1. The third kappa shape index (κ3) is 2.69. The van der Waals surface area contributed by atoms with Crippen molar-refractivity contribution in [2.45, 2.75) is 13.0 Å². The number of hydrogen-bond acceptors (Lipinski definition) is 3. The number of benzene rings is 1. The summed E-state index contributed by atoms with van der Waals surface area (Å²) in [5, 5.41) is 0.431. The van der Waals surface area contributed by atoms with Crippen molar-refractivity contribution < 1.29 is 4.79 Å². The molecule has 0 saturated carbocycles. The highest BCUT2D eigenvalue weighted by molar-refractivity contribution is 7.99. The fraction of sp³-hybridized carbons (Fsp3) is 0.417. The van der Waals surface area contributed by atoms with Gasteiger partial charge in [0.15, 0.2) is 0 Å². The van der Waals surface area contributed by atoms with E-state index in [1.807, 2.05) is 16.7 Å². The molecule has 1 fully saturated rings. The number of thioether (sulfide) groups is 1. The molecule has 1 aliphatic rings. The van der Waals surface area contributed by atoms with E-state index in [1.165, 1.54) is 0 Å². The normalized spacial score (nSPS) is 20.4. The van der Waals surface area contributed by atoms with Crippen molar-refractivity contribution in [1.29, 1.82) is 0 Å². The molecule has 1 saturated heterocycles. The molecule has 2 rings (SSSR count). The highest BCUT2D eigenvalue weighted by Crippen LogP contribution is 2.24. The summed E-state index contributed by atoms with van der Waals surface area (Å²) >= 11 is 7.94. The van der Waals surface area contributed by atoms with E-state index in [2.05, 4.69) is 6.92 Å². The molecule has 1 atom stereocenters. The van der Waals surface area contributed by atoms with Crippen LogP contribution in [0.3, 0.4) is 0 Å². The van der Waals surface area contributed by atoms with Crippen molar-refractivity contribution in [3.8, 4) is 0 Å². The molecule has 1 aliphatic heterocycles. The first-order valence-electron chi connectivity index (χ1n) is 5.53. The molecule has 0 radical (unpaired) electrons. The number of nitrogens with zero attached hydrogens (tertiary/aromatic N) is 1. The summed E-state index contributed by atoms with van der Waals surface area (Å²) in [5.74, 6) is 1.98. The Hall–Kier alpha value is -0.870. The fourth-order valence-corrected chi connectivity index (χ4v) is 3.17. The first kappa shape index (κ1) is 12.6. The number of rotatable bonds is 1. The second-order valence-corrected chi connectivity index (χ2v) is 5.72. The lowest BCUT2D eigenvalue weighted by Crippen LogP contribution is -2.44. The maximum atomic E-state index is 12.3. The second-order valence-electron chi connectivity index (χ2n) is 4.16. The predicted molar refractivity (Wildman–Crippen MR) is 73.7 cm³/mol. The van der Waals surface area contributed by atoms with Gasteiger partial charge in [-0.15, -0.1) is 0 Å². The van der Waals surface area contributed by atoms with Gasteiger partial charge in [-0.3, -0.25) is 4.79 Å². The maximum Gasteiger partial charge on any atom is 0.255 e. The molecule has 5 heteroatoms. The Labute approximate surface area is 110 Å². The van der Waals surface area contributed by atoms with Gasteiger partial charge in [0, 0.05) is 29.8 Å². The SMILES string of the molecule is CC1CSCCN1C(=O)c1ccc(N)cc1Cl. The van der Waals surface area contributed by atoms with Crippen molar-refractivity contribution in [1.82, 2.24) is 4.90 Å². The van der Waals surface area contributed by atoms with E-state index in [0.29, 0.717) is 16.3 Å². The summed E-state index contributed by atoms with van der Waals surface area (Å²) in [6.45, 7) is 2.85. The molecule has 1 unspecified atom stereocenters. The average Bonchev–Trinajstić information content (AvgIpc) is 2.29. The molecular weight excluding hydrogens is 256 g/mol. The summed E-state index contributed by atoms with van der Waals surface area (Å²) in [5.41, 5.74) is 6.74. The summed E-state index contributed by atoms with van der Waals surface area (Å²) in [6.07, 6.45) is 0. The van der Waals surface area contributed by atoms with Crippen LogP contribution in [0.4, 0.5) is 5.69 Å². The van der Waals surface area contributed by atoms with Crippen molar-refractivity contribution in [2.24, 2.45) is 0 Å². The summed E-state index contributed by atoms with van der Waals surface area (Å²) in [4.78, 5) is 14.2. The van der Waals surface area contributed by atoms with Gasteiger partial charge in [0.2, 0.25) is 0 Å². The molecule has 1 amide bonds. The van der Waals surface area contributed by atoms with E-state index in [0.717, 1.165) is 18.1 Å². The van der Waals surface area contributed by atoms with Crippen LogP contribution in [0.1, 0.15) is 17.3 Å². The quantitative estimate of drug-likeness (QED) is 0.798. The molecule has 0 bridgehead atoms. The molecule has 0 aliphatic carbocycles. The molecule has 1 aromatic carbocycles. The van der Waals surface area contributed by atoms with E-state index in [4.69, 9.17) is 17.3 Å². The van der Waals surface area contributed by atoms with Crippen molar-refractivity contribution >= 4 is 35.0 Å². The molecule has 2 N–H and O–H groups in total. The highest BCUT2D eigenvalue weighted by atomic mass is 35.5. The number of nitrogens with two attached hydrogens (primary N) is 1. The van der Waals surface area contributed by atoms with Gasteiger partial charge in [0.1, 0.15) is 0 Å².